The predicted octanol–water partition coefficient (Wildman–Crippen LogP) is 6.35. The molecule has 0 atom stereocenters. The molecule has 0 saturated heterocycles. The first kappa shape index (κ1) is 26.3. The molecule has 0 heterocycles. The average Bonchev–Trinajstić information content (AvgIpc) is 2.80. The zero-order valence-electron chi connectivity index (χ0n) is 18.3. The number of benzene rings is 2. The van der Waals surface area contributed by atoms with E-state index in [4.69, 9.17) is 21.3 Å². The van der Waals surface area contributed by atoms with Crippen LogP contribution < -0.4 is 0 Å². The molecular weight excluding hydrogens is 360 g/mol. The summed E-state index contributed by atoms with van der Waals surface area (Å²) in [4.78, 5) is 3.36. The van der Waals surface area contributed by atoms with Crippen molar-refractivity contribution in [3.63, 3.8) is 0 Å². The van der Waals surface area contributed by atoms with Crippen molar-refractivity contribution >= 4 is 0 Å². The molecule has 2 aromatic rings. The standard InChI is InChI=1S/C21H22N2O2.2C2H6/c1-23-14-12-19-6-10-21(11-7-19)16-25-17-24-15-20-8-4-18(5-9-20)3-2-13-22;2*1-2/h4-11H,2-3,12,14-17H2;2*1-2H3. The van der Waals surface area contributed by atoms with E-state index in [1.807, 2.05) is 76.2 Å². The molecule has 0 bridgehead atoms. The zero-order valence-corrected chi connectivity index (χ0v) is 18.3. The second-order valence-corrected chi connectivity index (χ2v) is 5.74. The van der Waals surface area contributed by atoms with Gasteiger partial charge in [0.2, 0.25) is 6.54 Å². The summed E-state index contributed by atoms with van der Waals surface area (Å²) in [5.74, 6) is 0. The smallest absolute Gasteiger partial charge is 0.218 e. The van der Waals surface area contributed by atoms with Gasteiger partial charge in [-0.15, -0.1) is 0 Å². The lowest BCUT2D eigenvalue weighted by Crippen LogP contribution is -2.01. The van der Waals surface area contributed by atoms with E-state index in [1.165, 1.54) is 11.1 Å². The highest BCUT2D eigenvalue weighted by Gasteiger charge is 1.99. The Morgan fingerprint density at radius 2 is 1.17 bits per heavy atom. The van der Waals surface area contributed by atoms with Crippen molar-refractivity contribution in [3.05, 3.63) is 82.2 Å². The molecule has 0 radical (unpaired) electrons. The van der Waals surface area contributed by atoms with Gasteiger partial charge in [-0.25, -0.2) is 6.57 Å². The third-order valence-corrected chi connectivity index (χ3v) is 3.79. The molecule has 0 aromatic heterocycles. The SMILES string of the molecule is CC.CC.[C-]#[N+]CCc1ccc(COCOCc2ccc(CCC#N)cc2)cc1. The van der Waals surface area contributed by atoms with E-state index in [0.29, 0.717) is 26.2 Å². The van der Waals surface area contributed by atoms with Crippen LogP contribution in [0.4, 0.5) is 0 Å². The molecule has 0 unspecified atom stereocenters. The predicted molar refractivity (Wildman–Crippen MR) is 119 cm³/mol. The second-order valence-electron chi connectivity index (χ2n) is 5.74. The van der Waals surface area contributed by atoms with Crippen molar-refractivity contribution in [2.24, 2.45) is 0 Å². The molecule has 0 saturated carbocycles. The Balaban J connectivity index is 0.00000184. The summed E-state index contributed by atoms with van der Waals surface area (Å²) >= 11 is 0. The van der Waals surface area contributed by atoms with Gasteiger partial charge in [-0.2, -0.15) is 5.26 Å². The van der Waals surface area contributed by atoms with Gasteiger partial charge in [0.1, 0.15) is 6.79 Å². The molecule has 2 aromatic carbocycles. The minimum atomic E-state index is 0.246. The molecule has 0 spiro atoms. The number of hydrogen-bond acceptors (Lipinski definition) is 3. The van der Waals surface area contributed by atoms with Gasteiger partial charge >= 0.3 is 0 Å². The van der Waals surface area contributed by atoms with E-state index in [0.717, 1.165) is 24.0 Å². The Hall–Kier alpha value is -2.66. The van der Waals surface area contributed by atoms with Gasteiger partial charge in [0.15, 0.2) is 0 Å². The molecule has 4 heteroatoms. The summed E-state index contributed by atoms with van der Waals surface area (Å²) < 4.78 is 11.1. The van der Waals surface area contributed by atoms with Gasteiger partial charge in [-0.05, 0) is 28.7 Å². The molecule has 0 fully saturated rings. The van der Waals surface area contributed by atoms with E-state index in [1.54, 1.807) is 0 Å². The van der Waals surface area contributed by atoms with Crippen molar-refractivity contribution in [1.29, 1.82) is 5.26 Å². The maximum absolute atomic E-state index is 8.58. The fourth-order valence-corrected chi connectivity index (χ4v) is 2.37. The Kier molecular flexibility index (Phi) is 17.0. The highest BCUT2D eigenvalue weighted by atomic mass is 16.7. The lowest BCUT2D eigenvalue weighted by molar-refractivity contribution is -0.0689. The average molecular weight is 395 g/mol. The van der Waals surface area contributed by atoms with E-state index in [2.05, 4.69) is 10.9 Å². The summed E-state index contributed by atoms with van der Waals surface area (Å²) in [6, 6.07) is 18.4. The van der Waals surface area contributed by atoms with Crippen molar-refractivity contribution < 1.29 is 9.47 Å². The van der Waals surface area contributed by atoms with Gasteiger partial charge in [0.05, 0.1) is 19.3 Å². The molecule has 156 valence electrons. The first-order valence-corrected chi connectivity index (χ1v) is 10.3. The minimum Gasteiger partial charge on any atom is -0.351 e. The van der Waals surface area contributed by atoms with Crippen LogP contribution in [-0.4, -0.2) is 13.3 Å². The third kappa shape index (κ3) is 12.4. The van der Waals surface area contributed by atoms with Crippen molar-refractivity contribution in [2.45, 2.75) is 60.2 Å². The number of rotatable bonds is 10. The summed E-state index contributed by atoms with van der Waals surface area (Å²) in [7, 11) is 0. The van der Waals surface area contributed by atoms with E-state index >= 15 is 0 Å². The van der Waals surface area contributed by atoms with Crippen LogP contribution in [-0.2, 0) is 35.5 Å². The maximum atomic E-state index is 8.58. The lowest BCUT2D eigenvalue weighted by atomic mass is 10.1. The van der Waals surface area contributed by atoms with Crippen LogP contribution in [0.5, 0.6) is 0 Å². The van der Waals surface area contributed by atoms with Gasteiger partial charge in [0.25, 0.3) is 0 Å². The molecule has 4 nitrogen and oxygen atoms in total. The first-order chi connectivity index (χ1) is 14.3. The quantitative estimate of drug-likeness (QED) is 0.268. The topological polar surface area (TPSA) is 46.6 Å². The fourth-order valence-electron chi connectivity index (χ4n) is 2.37. The van der Waals surface area contributed by atoms with Crippen LogP contribution in [0.3, 0.4) is 0 Å². The molecule has 0 N–H and O–H groups in total. The van der Waals surface area contributed by atoms with Crippen LogP contribution in [0.1, 0.15) is 56.4 Å². The number of aryl methyl sites for hydroxylation is 1. The third-order valence-electron chi connectivity index (χ3n) is 3.79. The van der Waals surface area contributed by atoms with Gasteiger partial charge in [-0.1, -0.05) is 76.2 Å². The van der Waals surface area contributed by atoms with Crippen molar-refractivity contribution in [1.82, 2.24) is 0 Å². The minimum absolute atomic E-state index is 0.246. The van der Waals surface area contributed by atoms with Crippen molar-refractivity contribution in [2.75, 3.05) is 13.3 Å². The van der Waals surface area contributed by atoms with E-state index in [9.17, 15) is 0 Å². The molecule has 29 heavy (non-hydrogen) atoms. The van der Waals surface area contributed by atoms with Crippen LogP contribution in [0.15, 0.2) is 48.5 Å². The fraction of sp³-hybridized carbons (Fsp3) is 0.440. The highest BCUT2D eigenvalue weighted by Crippen LogP contribution is 2.09. The number of hydrogen-bond donors (Lipinski definition) is 0. The van der Waals surface area contributed by atoms with Gasteiger partial charge in [-0.3, -0.25) is 0 Å². The van der Waals surface area contributed by atoms with Crippen molar-refractivity contribution in [3.8, 4) is 6.07 Å². The normalized spacial score (nSPS) is 9.17. The molecule has 0 aliphatic carbocycles. The summed E-state index contributed by atoms with van der Waals surface area (Å²) in [5, 5.41) is 8.58. The molecule has 0 aliphatic heterocycles. The molecule has 0 amide bonds. The zero-order chi connectivity index (χ0) is 21.7. The van der Waals surface area contributed by atoms with Crippen LogP contribution in [0.2, 0.25) is 0 Å². The lowest BCUT2D eigenvalue weighted by Gasteiger charge is -2.07. The number of nitrogens with zero attached hydrogens (tertiary/aromatic N) is 2. The van der Waals surface area contributed by atoms with Crippen LogP contribution >= 0.6 is 0 Å². The number of nitriles is 1. The summed E-state index contributed by atoms with van der Waals surface area (Å²) in [5.41, 5.74) is 4.53. The van der Waals surface area contributed by atoms with E-state index in [-0.39, 0.29) is 6.79 Å². The molecular formula is C25H34N2O2. The number of ether oxygens (including phenoxy) is 2. The Morgan fingerprint density at radius 3 is 1.59 bits per heavy atom. The van der Waals surface area contributed by atoms with Crippen LogP contribution in [0.25, 0.3) is 4.85 Å². The Labute approximate surface area is 176 Å². The maximum Gasteiger partial charge on any atom is 0.218 e. The Morgan fingerprint density at radius 1 is 0.759 bits per heavy atom. The summed E-state index contributed by atoms with van der Waals surface area (Å²) in [6.07, 6.45) is 2.13. The second kappa shape index (κ2) is 18.7. The van der Waals surface area contributed by atoms with Gasteiger partial charge < -0.3 is 14.3 Å². The summed E-state index contributed by atoms with van der Waals surface area (Å²) in [6.45, 7) is 16.6. The highest BCUT2D eigenvalue weighted by molar-refractivity contribution is 5.23. The Bertz CT molecular complexity index is 647. The first-order valence-electron chi connectivity index (χ1n) is 10.3. The molecule has 0 aliphatic rings. The van der Waals surface area contributed by atoms with Gasteiger partial charge in [0, 0.05) is 12.8 Å². The van der Waals surface area contributed by atoms with E-state index < -0.39 is 0 Å². The van der Waals surface area contributed by atoms with Crippen LogP contribution in [0, 0.1) is 17.9 Å². The monoisotopic (exact) mass is 394 g/mol. The largest absolute Gasteiger partial charge is 0.351 e. The molecule has 2 rings (SSSR count).